The normalized spacial score (nSPS) is 13.6. The van der Waals surface area contributed by atoms with Crippen LogP contribution in [-0.4, -0.2) is 22.8 Å². The summed E-state index contributed by atoms with van der Waals surface area (Å²) in [6.07, 6.45) is -3.15. The first-order valence-electron chi connectivity index (χ1n) is 5.17. The second-order valence-electron chi connectivity index (χ2n) is 3.77. The van der Waals surface area contributed by atoms with Gasteiger partial charge in [-0.25, -0.2) is 4.39 Å². The van der Waals surface area contributed by atoms with Crippen LogP contribution in [0.1, 0.15) is 11.1 Å². The highest BCUT2D eigenvalue weighted by molar-refractivity contribution is 7.84. The third-order valence-corrected chi connectivity index (χ3v) is 3.01. The minimum Gasteiger partial charge on any atom is -0.312 e. The lowest BCUT2D eigenvalue weighted by molar-refractivity contribution is -0.140. The minimum absolute atomic E-state index is 0.181. The molecule has 0 aromatic heterocycles. The molecule has 0 spiro atoms. The number of nitrogens with one attached hydrogen (secondary N) is 1. The van der Waals surface area contributed by atoms with Gasteiger partial charge < -0.3 is 5.32 Å². The topological polar surface area (TPSA) is 29.1 Å². The molecule has 0 heterocycles. The van der Waals surface area contributed by atoms with Gasteiger partial charge in [0.05, 0.1) is 5.56 Å². The lowest BCUT2D eigenvalue weighted by Gasteiger charge is -2.10. The maximum absolute atomic E-state index is 13.0. The second-order valence-corrected chi connectivity index (χ2v) is 5.32. The highest BCUT2D eigenvalue weighted by atomic mass is 32.2. The summed E-state index contributed by atoms with van der Waals surface area (Å²) >= 11 is 0. The van der Waals surface area contributed by atoms with E-state index in [1.54, 1.807) is 6.26 Å². The summed E-state index contributed by atoms with van der Waals surface area (Å²) in [5.74, 6) is -0.853. The Bertz CT molecular complexity index is 434. The van der Waals surface area contributed by atoms with Crippen molar-refractivity contribution in [1.82, 2.24) is 5.32 Å². The summed E-state index contributed by atoms with van der Waals surface area (Å²) in [6.45, 7) is 0.613. The van der Waals surface area contributed by atoms with Gasteiger partial charge in [0, 0.05) is 35.9 Å². The van der Waals surface area contributed by atoms with Gasteiger partial charge in [0.15, 0.2) is 0 Å². The number of alkyl halides is 3. The van der Waals surface area contributed by atoms with E-state index < -0.39 is 28.4 Å². The van der Waals surface area contributed by atoms with Crippen molar-refractivity contribution in [2.24, 2.45) is 0 Å². The van der Waals surface area contributed by atoms with Gasteiger partial charge >= 0.3 is 6.18 Å². The van der Waals surface area contributed by atoms with Crippen LogP contribution < -0.4 is 5.32 Å². The molecule has 0 radical (unpaired) electrons. The fraction of sp³-hybridized carbons (Fsp3) is 0.455. The monoisotopic (exact) mass is 283 g/mol. The van der Waals surface area contributed by atoms with Gasteiger partial charge in [-0.15, -0.1) is 0 Å². The largest absolute Gasteiger partial charge is 0.419 e. The third kappa shape index (κ3) is 4.73. The molecule has 1 N–H and O–H groups in total. The molecule has 0 saturated carbocycles. The molecule has 7 heteroatoms. The van der Waals surface area contributed by atoms with E-state index in [9.17, 15) is 21.8 Å². The first-order valence-corrected chi connectivity index (χ1v) is 6.90. The summed E-state index contributed by atoms with van der Waals surface area (Å²) in [5.41, 5.74) is -0.925. The van der Waals surface area contributed by atoms with Crippen LogP contribution >= 0.6 is 0 Å². The Labute approximate surface area is 105 Å². The second kappa shape index (κ2) is 6.29. The van der Waals surface area contributed by atoms with Crippen molar-refractivity contribution >= 4 is 10.8 Å². The summed E-state index contributed by atoms with van der Waals surface area (Å²) in [7, 11) is -0.948. The van der Waals surface area contributed by atoms with Crippen molar-refractivity contribution in [2.45, 2.75) is 12.7 Å². The van der Waals surface area contributed by atoms with Gasteiger partial charge in [-0.3, -0.25) is 4.21 Å². The molecule has 0 fully saturated rings. The number of hydrogen-bond donors (Lipinski definition) is 1. The molecule has 1 unspecified atom stereocenters. The van der Waals surface area contributed by atoms with Gasteiger partial charge in [-0.1, -0.05) is 6.07 Å². The third-order valence-electron chi connectivity index (χ3n) is 2.23. The Morgan fingerprint density at radius 2 is 2.00 bits per heavy atom. The predicted octanol–water partition coefficient (Wildman–Crippen LogP) is 2.31. The summed E-state index contributed by atoms with van der Waals surface area (Å²) in [4.78, 5) is 0. The van der Waals surface area contributed by atoms with Gasteiger partial charge in [-0.05, 0) is 17.7 Å². The van der Waals surface area contributed by atoms with Crippen LogP contribution in [0.15, 0.2) is 18.2 Å². The Hall–Kier alpha value is -0.950. The van der Waals surface area contributed by atoms with Crippen molar-refractivity contribution in [2.75, 3.05) is 18.6 Å². The van der Waals surface area contributed by atoms with Crippen LogP contribution in [0, 0.1) is 5.82 Å². The predicted molar refractivity (Wildman–Crippen MR) is 62.0 cm³/mol. The molecule has 0 amide bonds. The SMILES string of the molecule is CS(=O)CCNCc1ccc(F)c(C(F)(F)F)c1. The zero-order valence-corrected chi connectivity index (χ0v) is 10.5. The van der Waals surface area contributed by atoms with Crippen LogP contribution in [0.25, 0.3) is 0 Å². The number of rotatable bonds is 5. The molecule has 18 heavy (non-hydrogen) atoms. The molecular formula is C11H13F4NOS. The van der Waals surface area contributed by atoms with Crippen LogP contribution in [-0.2, 0) is 23.5 Å². The smallest absolute Gasteiger partial charge is 0.312 e. The van der Waals surface area contributed by atoms with E-state index in [1.807, 2.05) is 0 Å². The van der Waals surface area contributed by atoms with E-state index in [-0.39, 0.29) is 6.54 Å². The highest BCUT2D eigenvalue weighted by Gasteiger charge is 2.34. The molecule has 2 nitrogen and oxygen atoms in total. The van der Waals surface area contributed by atoms with Crippen molar-refractivity contribution in [3.05, 3.63) is 35.1 Å². The summed E-state index contributed by atoms with van der Waals surface area (Å²) in [6, 6.07) is 2.88. The van der Waals surface area contributed by atoms with Crippen LogP contribution in [0.2, 0.25) is 0 Å². The summed E-state index contributed by atoms with van der Waals surface area (Å²) in [5, 5.41) is 2.85. The Balaban J connectivity index is 2.65. The van der Waals surface area contributed by atoms with Gasteiger partial charge in [-0.2, -0.15) is 13.2 Å². The number of halogens is 4. The molecule has 0 bridgehead atoms. The number of hydrogen-bond acceptors (Lipinski definition) is 2. The molecular weight excluding hydrogens is 270 g/mol. The van der Waals surface area contributed by atoms with Crippen molar-refractivity contribution in [1.29, 1.82) is 0 Å². The van der Waals surface area contributed by atoms with E-state index >= 15 is 0 Å². The molecule has 102 valence electrons. The molecule has 1 rings (SSSR count). The number of benzene rings is 1. The van der Waals surface area contributed by atoms with E-state index in [1.165, 1.54) is 6.07 Å². The average Bonchev–Trinajstić information content (AvgIpc) is 2.24. The van der Waals surface area contributed by atoms with Crippen LogP contribution in [0.3, 0.4) is 0 Å². The molecule has 1 atom stereocenters. The molecule has 1 aromatic rings. The first kappa shape index (κ1) is 15.1. The first-order chi connectivity index (χ1) is 8.30. The lowest BCUT2D eigenvalue weighted by atomic mass is 10.1. The molecule has 0 aliphatic rings. The Morgan fingerprint density at radius 1 is 1.33 bits per heavy atom. The molecule has 0 aliphatic carbocycles. The fourth-order valence-corrected chi connectivity index (χ4v) is 1.78. The Morgan fingerprint density at radius 3 is 2.56 bits per heavy atom. The fourth-order valence-electron chi connectivity index (χ4n) is 1.35. The average molecular weight is 283 g/mol. The van der Waals surface area contributed by atoms with E-state index in [0.29, 0.717) is 17.9 Å². The summed E-state index contributed by atoms with van der Waals surface area (Å²) < 4.78 is 61.0. The van der Waals surface area contributed by atoms with Gasteiger partial charge in [0.25, 0.3) is 0 Å². The zero-order valence-electron chi connectivity index (χ0n) is 9.68. The lowest BCUT2D eigenvalue weighted by Crippen LogP contribution is -2.20. The highest BCUT2D eigenvalue weighted by Crippen LogP contribution is 2.31. The molecule has 1 aromatic carbocycles. The van der Waals surface area contributed by atoms with Gasteiger partial charge in [0.2, 0.25) is 0 Å². The van der Waals surface area contributed by atoms with Crippen LogP contribution in [0.4, 0.5) is 17.6 Å². The maximum atomic E-state index is 13.0. The van der Waals surface area contributed by atoms with Crippen molar-refractivity contribution < 1.29 is 21.8 Å². The minimum atomic E-state index is -4.69. The molecule has 0 saturated heterocycles. The van der Waals surface area contributed by atoms with Crippen molar-refractivity contribution in [3.63, 3.8) is 0 Å². The standard InChI is InChI=1S/C11H13F4NOS/c1-18(17)5-4-16-7-8-2-3-10(12)9(6-8)11(13,14)15/h2-3,6,16H,4-5,7H2,1H3. The van der Waals surface area contributed by atoms with Crippen molar-refractivity contribution in [3.8, 4) is 0 Å². The van der Waals surface area contributed by atoms with E-state index in [4.69, 9.17) is 0 Å². The van der Waals surface area contributed by atoms with Crippen LogP contribution in [0.5, 0.6) is 0 Å². The zero-order chi connectivity index (χ0) is 13.8. The van der Waals surface area contributed by atoms with E-state index in [2.05, 4.69) is 5.32 Å². The quantitative estimate of drug-likeness (QED) is 0.663. The van der Waals surface area contributed by atoms with E-state index in [0.717, 1.165) is 12.1 Å². The van der Waals surface area contributed by atoms with Gasteiger partial charge in [0.1, 0.15) is 5.82 Å². The Kier molecular flexibility index (Phi) is 5.28. The molecule has 0 aliphatic heterocycles. The maximum Gasteiger partial charge on any atom is 0.419 e.